The number of nitrogens with two attached hydrogens (primary N) is 2. The van der Waals surface area contributed by atoms with Gasteiger partial charge < -0.3 is 5.73 Å². The van der Waals surface area contributed by atoms with Crippen molar-refractivity contribution >= 4 is 10.0 Å². The predicted octanol–water partition coefficient (Wildman–Crippen LogP) is -0.703. The van der Waals surface area contributed by atoms with E-state index in [1.807, 2.05) is 0 Å². The molecular formula is C7H11N3O2S. The molecule has 72 valence electrons. The van der Waals surface area contributed by atoms with Crippen molar-refractivity contribution in [3.05, 3.63) is 29.8 Å². The molecule has 0 bridgehead atoms. The molecule has 0 atom stereocenters. The van der Waals surface area contributed by atoms with Crippen molar-refractivity contribution in [2.75, 3.05) is 0 Å². The highest BCUT2D eigenvalue weighted by atomic mass is 32.2. The highest BCUT2D eigenvalue weighted by Crippen LogP contribution is 2.08. The molecule has 0 saturated heterocycles. The molecule has 0 aromatic heterocycles. The third kappa shape index (κ3) is 2.25. The van der Waals surface area contributed by atoms with E-state index in [1.165, 1.54) is 12.1 Å². The van der Waals surface area contributed by atoms with E-state index in [-0.39, 0.29) is 4.90 Å². The molecule has 0 unspecified atom stereocenters. The van der Waals surface area contributed by atoms with Crippen LogP contribution < -0.4 is 16.4 Å². The van der Waals surface area contributed by atoms with Gasteiger partial charge in [0.05, 0.1) is 4.90 Å². The Balaban J connectivity index is 3.06. The topological polar surface area (TPSA) is 98.2 Å². The first-order valence-electron chi connectivity index (χ1n) is 3.61. The standard InChI is InChI=1S/C7H11N3O2S/c8-5-6-1-3-7(4-2-6)13(11,12)10-9/h1-4,10H,5,8-9H2. The van der Waals surface area contributed by atoms with Gasteiger partial charge in [-0.05, 0) is 17.7 Å². The average molecular weight is 201 g/mol. The Hall–Kier alpha value is -0.950. The van der Waals surface area contributed by atoms with E-state index in [0.29, 0.717) is 6.54 Å². The average Bonchev–Trinajstić information content (AvgIpc) is 2.18. The lowest BCUT2D eigenvalue weighted by molar-refractivity contribution is 0.584. The van der Waals surface area contributed by atoms with Crippen molar-refractivity contribution in [1.82, 2.24) is 4.83 Å². The Labute approximate surface area is 76.8 Å². The van der Waals surface area contributed by atoms with Crippen LogP contribution >= 0.6 is 0 Å². The van der Waals surface area contributed by atoms with E-state index in [9.17, 15) is 8.42 Å². The molecule has 0 aliphatic carbocycles. The van der Waals surface area contributed by atoms with Crippen LogP contribution in [0.3, 0.4) is 0 Å². The molecule has 0 aliphatic rings. The molecule has 1 rings (SSSR count). The fourth-order valence-corrected chi connectivity index (χ4v) is 1.50. The summed E-state index contributed by atoms with van der Waals surface area (Å²) in [5.74, 6) is 4.85. The number of hydrazine groups is 1. The van der Waals surface area contributed by atoms with Gasteiger partial charge in [-0.1, -0.05) is 12.1 Å². The number of hydrogen-bond acceptors (Lipinski definition) is 4. The maximum absolute atomic E-state index is 11.1. The minimum Gasteiger partial charge on any atom is -0.326 e. The van der Waals surface area contributed by atoms with E-state index in [1.54, 1.807) is 17.0 Å². The SMILES string of the molecule is NCc1ccc(S(=O)(=O)NN)cc1. The van der Waals surface area contributed by atoms with Crippen molar-refractivity contribution in [2.45, 2.75) is 11.4 Å². The lowest BCUT2D eigenvalue weighted by Crippen LogP contribution is -2.30. The minimum atomic E-state index is -3.54. The Morgan fingerprint density at radius 1 is 1.23 bits per heavy atom. The van der Waals surface area contributed by atoms with Gasteiger partial charge in [0.15, 0.2) is 0 Å². The summed E-state index contributed by atoms with van der Waals surface area (Å²) < 4.78 is 22.3. The molecule has 13 heavy (non-hydrogen) atoms. The van der Waals surface area contributed by atoms with Crippen LogP contribution in [-0.2, 0) is 16.6 Å². The maximum atomic E-state index is 11.1. The molecule has 5 nitrogen and oxygen atoms in total. The van der Waals surface area contributed by atoms with Crippen molar-refractivity contribution < 1.29 is 8.42 Å². The first kappa shape index (κ1) is 10.1. The number of nitrogens with one attached hydrogen (secondary N) is 1. The summed E-state index contributed by atoms with van der Waals surface area (Å²) in [5, 5.41) is 0. The molecule has 0 amide bonds. The van der Waals surface area contributed by atoms with Gasteiger partial charge in [0.1, 0.15) is 0 Å². The van der Waals surface area contributed by atoms with Gasteiger partial charge >= 0.3 is 0 Å². The molecule has 0 saturated carbocycles. The van der Waals surface area contributed by atoms with E-state index < -0.39 is 10.0 Å². The summed E-state index contributed by atoms with van der Waals surface area (Å²) in [5.41, 5.74) is 6.22. The zero-order chi connectivity index (χ0) is 9.90. The highest BCUT2D eigenvalue weighted by Gasteiger charge is 2.10. The zero-order valence-electron chi connectivity index (χ0n) is 6.90. The van der Waals surface area contributed by atoms with E-state index in [2.05, 4.69) is 0 Å². The van der Waals surface area contributed by atoms with Gasteiger partial charge in [0.2, 0.25) is 0 Å². The van der Waals surface area contributed by atoms with E-state index in [4.69, 9.17) is 11.6 Å². The summed E-state index contributed by atoms with van der Waals surface area (Å²) in [7, 11) is -3.54. The molecule has 5 N–H and O–H groups in total. The highest BCUT2D eigenvalue weighted by molar-refractivity contribution is 7.89. The van der Waals surface area contributed by atoms with Crippen LogP contribution in [0.25, 0.3) is 0 Å². The van der Waals surface area contributed by atoms with Crippen molar-refractivity contribution in [2.24, 2.45) is 11.6 Å². The molecule has 1 aromatic carbocycles. The maximum Gasteiger partial charge on any atom is 0.253 e. The molecular weight excluding hydrogens is 190 g/mol. The fraction of sp³-hybridized carbons (Fsp3) is 0.143. The molecule has 0 spiro atoms. The summed E-state index contributed by atoms with van der Waals surface area (Å²) in [4.78, 5) is 1.87. The second kappa shape index (κ2) is 3.84. The third-order valence-corrected chi connectivity index (χ3v) is 2.83. The summed E-state index contributed by atoms with van der Waals surface area (Å²) in [6.07, 6.45) is 0. The van der Waals surface area contributed by atoms with Crippen LogP contribution in [0, 0.1) is 0 Å². The Kier molecular flexibility index (Phi) is 2.99. The lowest BCUT2D eigenvalue weighted by atomic mass is 10.2. The minimum absolute atomic E-state index is 0.132. The zero-order valence-corrected chi connectivity index (χ0v) is 7.71. The molecule has 0 aliphatic heterocycles. The first-order valence-corrected chi connectivity index (χ1v) is 5.10. The second-order valence-corrected chi connectivity index (χ2v) is 4.18. The quantitative estimate of drug-likeness (QED) is 0.444. The molecule has 0 heterocycles. The Morgan fingerprint density at radius 3 is 2.15 bits per heavy atom. The summed E-state index contributed by atoms with van der Waals surface area (Å²) >= 11 is 0. The van der Waals surface area contributed by atoms with Gasteiger partial charge in [-0.3, -0.25) is 5.84 Å². The third-order valence-electron chi connectivity index (χ3n) is 1.62. The van der Waals surface area contributed by atoms with E-state index >= 15 is 0 Å². The van der Waals surface area contributed by atoms with Crippen LogP contribution in [0.5, 0.6) is 0 Å². The van der Waals surface area contributed by atoms with Crippen molar-refractivity contribution in [3.63, 3.8) is 0 Å². The van der Waals surface area contributed by atoms with Gasteiger partial charge in [0, 0.05) is 6.54 Å². The molecule has 0 radical (unpaired) electrons. The second-order valence-electron chi connectivity index (χ2n) is 2.47. The lowest BCUT2D eigenvalue weighted by Gasteiger charge is -2.02. The van der Waals surface area contributed by atoms with E-state index in [0.717, 1.165) is 5.56 Å². The van der Waals surface area contributed by atoms with Gasteiger partial charge in [-0.25, -0.2) is 8.42 Å². The van der Waals surface area contributed by atoms with Crippen molar-refractivity contribution in [3.8, 4) is 0 Å². The van der Waals surface area contributed by atoms with Gasteiger partial charge in [-0.2, -0.15) is 4.83 Å². The molecule has 6 heteroatoms. The predicted molar refractivity (Wildman–Crippen MR) is 48.8 cm³/mol. The van der Waals surface area contributed by atoms with Crippen molar-refractivity contribution in [1.29, 1.82) is 0 Å². The fourth-order valence-electron chi connectivity index (χ4n) is 0.873. The van der Waals surface area contributed by atoms with Crippen LogP contribution in [0.1, 0.15) is 5.56 Å². The number of sulfonamides is 1. The number of hydrogen-bond donors (Lipinski definition) is 3. The molecule has 1 aromatic rings. The first-order chi connectivity index (χ1) is 6.10. The normalized spacial score (nSPS) is 11.5. The smallest absolute Gasteiger partial charge is 0.253 e. The summed E-state index contributed by atoms with van der Waals surface area (Å²) in [6, 6.07) is 6.20. The molecule has 0 fully saturated rings. The number of rotatable bonds is 3. The Morgan fingerprint density at radius 2 is 1.77 bits per heavy atom. The van der Waals surface area contributed by atoms with Crippen LogP contribution in [-0.4, -0.2) is 8.42 Å². The van der Waals surface area contributed by atoms with Crippen LogP contribution in [0.2, 0.25) is 0 Å². The van der Waals surface area contributed by atoms with Crippen LogP contribution in [0.4, 0.5) is 0 Å². The van der Waals surface area contributed by atoms with Gasteiger partial charge in [0.25, 0.3) is 10.0 Å². The number of benzene rings is 1. The van der Waals surface area contributed by atoms with Gasteiger partial charge in [-0.15, -0.1) is 0 Å². The summed E-state index contributed by atoms with van der Waals surface area (Å²) in [6.45, 7) is 0.385. The largest absolute Gasteiger partial charge is 0.326 e. The monoisotopic (exact) mass is 201 g/mol. The van der Waals surface area contributed by atoms with Crippen LogP contribution in [0.15, 0.2) is 29.2 Å². The Bertz CT molecular complexity index is 371.